The fourth-order valence-corrected chi connectivity index (χ4v) is 1.67. The van der Waals surface area contributed by atoms with Crippen molar-refractivity contribution in [3.8, 4) is 0 Å². The zero-order valence-corrected chi connectivity index (χ0v) is 11.1. The van der Waals surface area contributed by atoms with Gasteiger partial charge in [-0.25, -0.2) is 4.39 Å². The second-order valence-electron chi connectivity index (χ2n) is 4.16. The first kappa shape index (κ1) is 15.1. The summed E-state index contributed by atoms with van der Waals surface area (Å²) in [7, 11) is 1.65. The summed E-state index contributed by atoms with van der Waals surface area (Å²) in [5.74, 6) is -0.158. The van der Waals surface area contributed by atoms with Gasteiger partial charge in [-0.1, -0.05) is 18.2 Å². The summed E-state index contributed by atoms with van der Waals surface area (Å²) in [6.07, 6.45) is 0.905. The van der Waals surface area contributed by atoms with Gasteiger partial charge in [0.2, 0.25) is 0 Å². The summed E-state index contributed by atoms with van der Waals surface area (Å²) < 4.78 is 23.7. The molecule has 1 N–H and O–H groups in total. The van der Waals surface area contributed by atoms with Crippen molar-refractivity contribution < 1.29 is 13.9 Å². The van der Waals surface area contributed by atoms with Crippen LogP contribution in [0, 0.1) is 5.82 Å². The largest absolute Gasteiger partial charge is 0.382 e. The molecule has 1 rings (SSSR count). The van der Waals surface area contributed by atoms with Gasteiger partial charge in [0, 0.05) is 25.3 Å². The molecule has 102 valence electrons. The molecule has 0 bridgehead atoms. The van der Waals surface area contributed by atoms with Crippen LogP contribution in [0.4, 0.5) is 4.39 Å². The average Bonchev–Trinajstić information content (AvgIpc) is 2.38. The van der Waals surface area contributed by atoms with Crippen molar-refractivity contribution in [2.75, 3.05) is 33.5 Å². The number of ether oxygens (including phenoxy) is 2. The van der Waals surface area contributed by atoms with Gasteiger partial charge in [-0.2, -0.15) is 0 Å². The van der Waals surface area contributed by atoms with Crippen LogP contribution in [0.5, 0.6) is 0 Å². The molecule has 0 spiro atoms. The molecule has 1 aromatic carbocycles. The predicted octanol–water partition coefficient (Wildman–Crippen LogP) is 2.53. The maximum atomic E-state index is 13.5. The number of methoxy groups -OCH3 is 1. The molecule has 4 heteroatoms. The predicted molar refractivity (Wildman–Crippen MR) is 70.1 cm³/mol. The lowest BCUT2D eigenvalue weighted by atomic mass is 10.1. The molecule has 1 atom stereocenters. The van der Waals surface area contributed by atoms with Gasteiger partial charge in [0.15, 0.2) is 0 Å². The Morgan fingerprint density at radius 2 is 2.00 bits per heavy atom. The van der Waals surface area contributed by atoms with Crippen molar-refractivity contribution in [1.29, 1.82) is 0 Å². The number of hydrogen-bond donors (Lipinski definition) is 1. The molecular formula is C14H22FNO2. The minimum atomic E-state index is -0.158. The molecule has 0 saturated carbocycles. The fourth-order valence-electron chi connectivity index (χ4n) is 1.67. The smallest absolute Gasteiger partial charge is 0.127 e. The molecule has 1 aromatic rings. The lowest BCUT2D eigenvalue weighted by Crippen LogP contribution is -2.22. The first-order valence-corrected chi connectivity index (χ1v) is 6.30. The Morgan fingerprint density at radius 3 is 2.72 bits per heavy atom. The minimum Gasteiger partial charge on any atom is -0.382 e. The Balaban J connectivity index is 2.14. The Labute approximate surface area is 108 Å². The van der Waals surface area contributed by atoms with Crippen LogP contribution in [0.15, 0.2) is 24.3 Å². The van der Waals surface area contributed by atoms with Crippen LogP contribution in [0.3, 0.4) is 0 Å². The van der Waals surface area contributed by atoms with Crippen molar-refractivity contribution in [2.45, 2.75) is 19.4 Å². The highest BCUT2D eigenvalue weighted by Gasteiger charge is 2.08. The van der Waals surface area contributed by atoms with Gasteiger partial charge in [-0.05, 0) is 26.0 Å². The lowest BCUT2D eigenvalue weighted by molar-refractivity contribution is 0.0693. The molecule has 1 unspecified atom stereocenters. The number of halogens is 1. The summed E-state index contributed by atoms with van der Waals surface area (Å²) in [5.41, 5.74) is 0.706. The van der Waals surface area contributed by atoms with E-state index in [9.17, 15) is 4.39 Å². The highest BCUT2D eigenvalue weighted by Crippen LogP contribution is 2.15. The highest BCUT2D eigenvalue weighted by atomic mass is 19.1. The van der Waals surface area contributed by atoms with Gasteiger partial charge in [-0.3, -0.25) is 0 Å². The van der Waals surface area contributed by atoms with Crippen LogP contribution in [-0.4, -0.2) is 33.5 Å². The molecule has 0 fully saturated rings. The Kier molecular flexibility index (Phi) is 7.57. The molecule has 0 aromatic heterocycles. The summed E-state index contributed by atoms with van der Waals surface area (Å²) in [5, 5.41) is 3.28. The standard InChI is InChI=1S/C14H22FNO2/c1-12(13-6-3-4-7-14(13)15)16-8-5-9-18-11-10-17-2/h3-4,6-7,12,16H,5,8-11H2,1-2H3. The zero-order valence-electron chi connectivity index (χ0n) is 11.1. The first-order chi connectivity index (χ1) is 8.75. The third-order valence-corrected chi connectivity index (χ3v) is 2.72. The third-order valence-electron chi connectivity index (χ3n) is 2.72. The Bertz CT molecular complexity index is 333. The lowest BCUT2D eigenvalue weighted by Gasteiger charge is -2.14. The van der Waals surface area contributed by atoms with E-state index in [-0.39, 0.29) is 11.9 Å². The molecule has 3 nitrogen and oxygen atoms in total. The molecule has 0 heterocycles. The van der Waals surface area contributed by atoms with Crippen molar-refractivity contribution >= 4 is 0 Å². The minimum absolute atomic E-state index is 0.0187. The molecule has 0 saturated heterocycles. The van der Waals surface area contributed by atoms with E-state index in [1.54, 1.807) is 13.2 Å². The third kappa shape index (κ3) is 5.58. The van der Waals surface area contributed by atoms with E-state index in [4.69, 9.17) is 9.47 Å². The number of rotatable bonds is 9. The topological polar surface area (TPSA) is 30.5 Å². The molecule has 0 amide bonds. The fraction of sp³-hybridized carbons (Fsp3) is 0.571. The second-order valence-corrected chi connectivity index (χ2v) is 4.16. The second kappa shape index (κ2) is 9.03. The molecule has 18 heavy (non-hydrogen) atoms. The Hall–Kier alpha value is -0.970. The van der Waals surface area contributed by atoms with Gasteiger partial charge >= 0.3 is 0 Å². The normalized spacial score (nSPS) is 12.6. The SMILES string of the molecule is COCCOCCCNC(C)c1ccccc1F. The molecule has 0 aliphatic rings. The van der Waals surface area contributed by atoms with E-state index >= 15 is 0 Å². The van der Waals surface area contributed by atoms with Crippen molar-refractivity contribution in [2.24, 2.45) is 0 Å². The molecular weight excluding hydrogens is 233 g/mol. The van der Waals surface area contributed by atoms with E-state index in [1.165, 1.54) is 6.07 Å². The average molecular weight is 255 g/mol. The van der Waals surface area contributed by atoms with Crippen LogP contribution in [-0.2, 0) is 9.47 Å². The Morgan fingerprint density at radius 1 is 1.22 bits per heavy atom. The summed E-state index contributed by atoms with van der Waals surface area (Å²) in [6.45, 7) is 4.71. The molecule has 0 aliphatic carbocycles. The van der Waals surface area contributed by atoms with Crippen molar-refractivity contribution in [1.82, 2.24) is 5.32 Å². The van der Waals surface area contributed by atoms with E-state index in [2.05, 4.69) is 5.32 Å². The first-order valence-electron chi connectivity index (χ1n) is 6.30. The van der Waals surface area contributed by atoms with Gasteiger partial charge in [0.1, 0.15) is 5.82 Å². The summed E-state index contributed by atoms with van der Waals surface area (Å²) >= 11 is 0. The van der Waals surface area contributed by atoms with Gasteiger partial charge in [0.25, 0.3) is 0 Å². The van der Waals surface area contributed by atoms with Crippen LogP contribution in [0.2, 0.25) is 0 Å². The number of hydrogen-bond acceptors (Lipinski definition) is 3. The maximum Gasteiger partial charge on any atom is 0.127 e. The number of nitrogens with one attached hydrogen (secondary N) is 1. The van der Waals surface area contributed by atoms with E-state index in [0.29, 0.717) is 25.4 Å². The zero-order chi connectivity index (χ0) is 13.2. The van der Waals surface area contributed by atoms with E-state index in [0.717, 1.165) is 13.0 Å². The van der Waals surface area contributed by atoms with Crippen LogP contribution in [0.1, 0.15) is 24.9 Å². The summed E-state index contributed by atoms with van der Waals surface area (Å²) in [4.78, 5) is 0. The van der Waals surface area contributed by atoms with Crippen LogP contribution in [0.25, 0.3) is 0 Å². The summed E-state index contributed by atoms with van der Waals surface area (Å²) in [6, 6.07) is 6.87. The molecule has 0 aliphatic heterocycles. The monoisotopic (exact) mass is 255 g/mol. The quantitative estimate of drug-likeness (QED) is 0.688. The highest BCUT2D eigenvalue weighted by molar-refractivity contribution is 5.20. The maximum absolute atomic E-state index is 13.5. The van der Waals surface area contributed by atoms with Crippen molar-refractivity contribution in [3.63, 3.8) is 0 Å². The van der Waals surface area contributed by atoms with Crippen LogP contribution < -0.4 is 5.32 Å². The molecule has 0 radical (unpaired) electrons. The van der Waals surface area contributed by atoms with Crippen LogP contribution >= 0.6 is 0 Å². The number of benzene rings is 1. The van der Waals surface area contributed by atoms with Crippen molar-refractivity contribution in [3.05, 3.63) is 35.6 Å². The van der Waals surface area contributed by atoms with E-state index < -0.39 is 0 Å². The van der Waals surface area contributed by atoms with Gasteiger partial charge in [0.05, 0.1) is 13.2 Å². The van der Waals surface area contributed by atoms with E-state index in [1.807, 2.05) is 19.1 Å². The van der Waals surface area contributed by atoms with Gasteiger partial charge < -0.3 is 14.8 Å². The van der Waals surface area contributed by atoms with Gasteiger partial charge in [-0.15, -0.1) is 0 Å².